The molecule has 0 unspecified atom stereocenters. The molecule has 0 aliphatic heterocycles. The molecule has 6 nitrogen and oxygen atoms in total. The van der Waals surface area contributed by atoms with E-state index in [1.807, 2.05) is 19.9 Å². The first kappa shape index (κ1) is 20.2. The van der Waals surface area contributed by atoms with Gasteiger partial charge in [0.2, 0.25) is 15.9 Å². The van der Waals surface area contributed by atoms with Crippen LogP contribution >= 0.6 is 11.6 Å². The summed E-state index contributed by atoms with van der Waals surface area (Å²) in [5.74, 6) is 0.129. The van der Waals surface area contributed by atoms with Gasteiger partial charge in [0.25, 0.3) is 0 Å². The lowest BCUT2D eigenvalue weighted by Crippen LogP contribution is -2.36. The number of halogens is 1. The van der Waals surface area contributed by atoms with Gasteiger partial charge in [-0.3, -0.25) is 4.79 Å². The van der Waals surface area contributed by atoms with Crippen molar-refractivity contribution in [3.05, 3.63) is 59.1 Å². The molecule has 140 valence electrons. The van der Waals surface area contributed by atoms with Crippen LogP contribution in [0.1, 0.15) is 19.4 Å². The molecule has 0 aliphatic carbocycles. The van der Waals surface area contributed by atoms with Gasteiger partial charge in [0.05, 0.1) is 17.5 Å². The maximum Gasteiger partial charge on any atom is 0.241 e. The number of rotatable bonds is 8. The van der Waals surface area contributed by atoms with Gasteiger partial charge in [-0.15, -0.1) is 0 Å². The average molecular weight is 397 g/mol. The number of sulfonamides is 1. The molecule has 8 heteroatoms. The molecule has 0 saturated heterocycles. The second-order valence-corrected chi connectivity index (χ2v) is 8.00. The number of benzene rings is 2. The Kier molecular flexibility index (Phi) is 7.02. The molecular weight excluding hydrogens is 376 g/mol. The normalized spacial score (nSPS) is 11.4. The first-order valence-electron chi connectivity index (χ1n) is 8.04. The summed E-state index contributed by atoms with van der Waals surface area (Å²) in [5.41, 5.74) is 0.756. The molecule has 0 aromatic heterocycles. The number of carbonyl (C=O) groups is 1. The van der Waals surface area contributed by atoms with Crippen molar-refractivity contribution in [1.82, 2.24) is 10.0 Å². The quantitative estimate of drug-likeness (QED) is 0.718. The van der Waals surface area contributed by atoms with Crippen LogP contribution < -0.4 is 14.8 Å². The Labute approximate surface area is 158 Å². The lowest BCUT2D eigenvalue weighted by Gasteiger charge is -2.11. The van der Waals surface area contributed by atoms with E-state index < -0.39 is 15.9 Å². The first-order valence-corrected chi connectivity index (χ1v) is 9.90. The number of ether oxygens (including phenoxy) is 1. The average Bonchev–Trinajstić information content (AvgIpc) is 2.59. The molecule has 0 fully saturated rings. The fourth-order valence-corrected chi connectivity index (χ4v) is 3.30. The van der Waals surface area contributed by atoms with Crippen LogP contribution in [0, 0.1) is 0 Å². The molecule has 0 spiro atoms. The molecule has 2 N–H and O–H groups in total. The summed E-state index contributed by atoms with van der Waals surface area (Å²) in [6, 6.07) is 13.1. The molecule has 0 aliphatic rings. The van der Waals surface area contributed by atoms with Gasteiger partial charge in [-0.1, -0.05) is 29.8 Å². The van der Waals surface area contributed by atoms with Gasteiger partial charge in [-0.25, -0.2) is 13.1 Å². The number of hydrogen-bond acceptors (Lipinski definition) is 4. The second-order valence-electron chi connectivity index (χ2n) is 5.83. The zero-order chi connectivity index (χ0) is 19.2. The highest BCUT2D eigenvalue weighted by Gasteiger charge is 2.15. The molecule has 0 bridgehead atoms. The van der Waals surface area contributed by atoms with Crippen LogP contribution in [0.4, 0.5) is 0 Å². The van der Waals surface area contributed by atoms with E-state index in [-0.39, 0.29) is 24.1 Å². The summed E-state index contributed by atoms with van der Waals surface area (Å²) in [5, 5.41) is 3.16. The van der Waals surface area contributed by atoms with Gasteiger partial charge < -0.3 is 10.1 Å². The van der Waals surface area contributed by atoms with E-state index in [1.54, 1.807) is 30.3 Å². The van der Waals surface area contributed by atoms with Crippen LogP contribution in [0.2, 0.25) is 5.02 Å². The highest BCUT2D eigenvalue weighted by molar-refractivity contribution is 7.89. The SMILES string of the molecule is CC(C)Oc1ccc(S(=O)(=O)NCC(=O)NCc2ccccc2Cl)cc1. The maximum absolute atomic E-state index is 12.2. The van der Waals surface area contributed by atoms with Crippen molar-refractivity contribution >= 4 is 27.5 Å². The Hall–Kier alpha value is -2.09. The maximum atomic E-state index is 12.2. The molecule has 0 saturated carbocycles. The van der Waals surface area contributed by atoms with Crippen molar-refractivity contribution in [3.8, 4) is 5.75 Å². The van der Waals surface area contributed by atoms with E-state index >= 15 is 0 Å². The fraction of sp³-hybridized carbons (Fsp3) is 0.278. The van der Waals surface area contributed by atoms with E-state index in [2.05, 4.69) is 10.0 Å². The topological polar surface area (TPSA) is 84.5 Å². The van der Waals surface area contributed by atoms with Crippen LogP contribution in [0.25, 0.3) is 0 Å². The Balaban J connectivity index is 1.88. The number of amides is 1. The van der Waals surface area contributed by atoms with Gasteiger partial charge in [-0.05, 0) is 49.7 Å². The Morgan fingerprint density at radius 2 is 1.77 bits per heavy atom. The number of hydrogen-bond donors (Lipinski definition) is 2. The predicted molar refractivity (Wildman–Crippen MR) is 101 cm³/mol. The lowest BCUT2D eigenvalue weighted by molar-refractivity contribution is -0.120. The van der Waals surface area contributed by atoms with Crippen molar-refractivity contribution < 1.29 is 17.9 Å². The van der Waals surface area contributed by atoms with Crippen LogP contribution in [-0.2, 0) is 21.4 Å². The molecule has 2 aromatic rings. The van der Waals surface area contributed by atoms with E-state index in [4.69, 9.17) is 16.3 Å². The smallest absolute Gasteiger partial charge is 0.241 e. The molecule has 2 rings (SSSR count). The van der Waals surface area contributed by atoms with E-state index in [0.29, 0.717) is 10.8 Å². The zero-order valence-electron chi connectivity index (χ0n) is 14.5. The lowest BCUT2D eigenvalue weighted by atomic mass is 10.2. The predicted octanol–water partition coefficient (Wildman–Crippen LogP) is 2.72. The minimum atomic E-state index is -3.78. The molecule has 2 aromatic carbocycles. The van der Waals surface area contributed by atoms with E-state index in [1.165, 1.54) is 12.1 Å². The Morgan fingerprint density at radius 3 is 2.38 bits per heavy atom. The van der Waals surface area contributed by atoms with Crippen LogP contribution in [0.3, 0.4) is 0 Å². The van der Waals surface area contributed by atoms with Crippen molar-refractivity contribution in [1.29, 1.82) is 0 Å². The summed E-state index contributed by atoms with van der Waals surface area (Å²) in [7, 11) is -3.78. The van der Waals surface area contributed by atoms with E-state index in [9.17, 15) is 13.2 Å². The first-order chi connectivity index (χ1) is 12.3. The third-order valence-electron chi connectivity index (χ3n) is 3.36. The molecular formula is C18H21ClN2O4S. The van der Waals surface area contributed by atoms with Crippen LogP contribution in [0.15, 0.2) is 53.4 Å². The highest BCUT2D eigenvalue weighted by atomic mass is 35.5. The van der Waals surface area contributed by atoms with Crippen molar-refractivity contribution in [2.75, 3.05) is 6.54 Å². The van der Waals surface area contributed by atoms with E-state index in [0.717, 1.165) is 5.56 Å². The summed E-state index contributed by atoms with van der Waals surface area (Å²) < 4.78 is 32.2. The van der Waals surface area contributed by atoms with Crippen molar-refractivity contribution in [3.63, 3.8) is 0 Å². The fourth-order valence-electron chi connectivity index (χ4n) is 2.11. The third kappa shape index (κ3) is 6.01. The largest absolute Gasteiger partial charge is 0.491 e. The molecule has 1 amide bonds. The van der Waals surface area contributed by atoms with Crippen LogP contribution in [0.5, 0.6) is 5.75 Å². The molecule has 0 atom stereocenters. The standard InChI is InChI=1S/C18H21ClN2O4S/c1-13(2)25-15-7-9-16(10-8-15)26(23,24)21-12-18(22)20-11-14-5-3-4-6-17(14)19/h3-10,13,21H,11-12H2,1-2H3,(H,20,22). The van der Waals surface area contributed by atoms with Gasteiger partial charge in [0, 0.05) is 11.6 Å². The van der Waals surface area contributed by atoms with Crippen molar-refractivity contribution in [2.45, 2.75) is 31.4 Å². The Morgan fingerprint density at radius 1 is 1.12 bits per heavy atom. The number of nitrogens with one attached hydrogen (secondary N) is 2. The minimum absolute atomic E-state index is 0.00241. The minimum Gasteiger partial charge on any atom is -0.491 e. The second kappa shape index (κ2) is 9.02. The number of carbonyl (C=O) groups excluding carboxylic acids is 1. The van der Waals surface area contributed by atoms with Crippen molar-refractivity contribution in [2.24, 2.45) is 0 Å². The summed E-state index contributed by atoms with van der Waals surface area (Å²) in [4.78, 5) is 11.9. The summed E-state index contributed by atoms with van der Waals surface area (Å²) >= 11 is 6.01. The molecule has 0 radical (unpaired) electrons. The van der Waals surface area contributed by atoms with Gasteiger partial charge in [-0.2, -0.15) is 0 Å². The van der Waals surface area contributed by atoms with Gasteiger partial charge >= 0.3 is 0 Å². The summed E-state index contributed by atoms with van der Waals surface area (Å²) in [6.07, 6.45) is -0.00241. The Bertz CT molecular complexity index is 852. The summed E-state index contributed by atoms with van der Waals surface area (Å²) in [6.45, 7) is 3.62. The molecule has 0 heterocycles. The monoisotopic (exact) mass is 396 g/mol. The van der Waals surface area contributed by atoms with Gasteiger partial charge in [0.15, 0.2) is 0 Å². The van der Waals surface area contributed by atoms with Crippen LogP contribution in [-0.4, -0.2) is 27.0 Å². The zero-order valence-corrected chi connectivity index (χ0v) is 16.1. The third-order valence-corrected chi connectivity index (χ3v) is 5.15. The highest BCUT2D eigenvalue weighted by Crippen LogP contribution is 2.17. The van der Waals surface area contributed by atoms with Gasteiger partial charge in [0.1, 0.15) is 5.75 Å². The molecule has 26 heavy (non-hydrogen) atoms.